The van der Waals surface area contributed by atoms with Crippen molar-refractivity contribution in [3.05, 3.63) is 60.3 Å². The van der Waals surface area contributed by atoms with Crippen LogP contribution in [0.15, 0.2) is 54.7 Å². The minimum absolute atomic E-state index is 0.0487. The first-order valence-electron chi connectivity index (χ1n) is 7.57. The van der Waals surface area contributed by atoms with Crippen molar-refractivity contribution in [1.82, 2.24) is 15.1 Å². The van der Waals surface area contributed by atoms with Crippen LogP contribution in [0.5, 0.6) is 0 Å². The van der Waals surface area contributed by atoms with Gasteiger partial charge in [0.05, 0.1) is 11.7 Å². The zero-order valence-electron chi connectivity index (χ0n) is 13.4. The van der Waals surface area contributed by atoms with Crippen molar-refractivity contribution < 1.29 is 4.79 Å². The van der Waals surface area contributed by atoms with Gasteiger partial charge in [0, 0.05) is 31.7 Å². The Kier molecular flexibility index (Phi) is 4.28. The van der Waals surface area contributed by atoms with Crippen molar-refractivity contribution in [1.29, 1.82) is 0 Å². The molecular formula is C18H20N4O. The molecule has 0 spiro atoms. The average Bonchev–Trinajstić information content (AvgIpc) is 2.96. The van der Waals surface area contributed by atoms with Crippen LogP contribution < -0.4 is 10.2 Å². The summed E-state index contributed by atoms with van der Waals surface area (Å²) in [6.45, 7) is 0.726. The van der Waals surface area contributed by atoms with Crippen molar-refractivity contribution >= 4 is 22.5 Å². The second-order valence-corrected chi connectivity index (χ2v) is 5.66. The maximum Gasteiger partial charge on any atom is 0.242 e. The summed E-state index contributed by atoms with van der Waals surface area (Å²) in [6, 6.07) is 15.9. The number of nitrogens with one attached hydrogen (secondary N) is 1. The monoisotopic (exact) mass is 308 g/mol. The van der Waals surface area contributed by atoms with Gasteiger partial charge >= 0.3 is 0 Å². The molecule has 23 heavy (non-hydrogen) atoms. The summed E-state index contributed by atoms with van der Waals surface area (Å²) >= 11 is 0. The fraction of sp³-hybridized carbons (Fsp3) is 0.222. The van der Waals surface area contributed by atoms with Crippen LogP contribution >= 0.6 is 0 Å². The molecule has 2 aromatic carbocycles. The van der Waals surface area contributed by atoms with Crippen molar-refractivity contribution in [2.45, 2.75) is 13.1 Å². The van der Waals surface area contributed by atoms with Gasteiger partial charge in [-0.1, -0.05) is 36.4 Å². The summed E-state index contributed by atoms with van der Waals surface area (Å²) in [5, 5.41) is 8.29. The lowest BCUT2D eigenvalue weighted by Gasteiger charge is -2.17. The van der Waals surface area contributed by atoms with Gasteiger partial charge < -0.3 is 10.2 Å². The van der Waals surface area contributed by atoms with Gasteiger partial charge in [-0.25, -0.2) is 0 Å². The lowest BCUT2D eigenvalue weighted by atomic mass is 10.1. The van der Waals surface area contributed by atoms with Crippen LogP contribution in [0.1, 0.15) is 5.56 Å². The van der Waals surface area contributed by atoms with Crippen molar-refractivity contribution in [2.75, 3.05) is 19.0 Å². The van der Waals surface area contributed by atoms with Crippen molar-refractivity contribution in [2.24, 2.45) is 0 Å². The van der Waals surface area contributed by atoms with Gasteiger partial charge in [0.15, 0.2) is 0 Å². The molecule has 0 saturated heterocycles. The van der Waals surface area contributed by atoms with Crippen LogP contribution in [0, 0.1) is 0 Å². The van der Waals surface area contributed by atoms with Gasteiger partial charge in [0.25, 0.3) is 0 Å². The topological polar surface area (TPSA) is 50.2 Å². The van der Waals surface area contributed by atoms with Crippen LogP contribution in [-0.4, -0.2) is 29.8 Å². The van der Waals surface area contributed by atoms with Crippen LogP contribution in [0.25, 0.3) is 10.9 Å². The highest BCUT2D eigenvalue weighted by atomic mass is 16.2. The number of anilines is 1. The number of hydrogen-bond acceptors (Lipinski definition) is 3. The van der Waals surface area contributed by atoms with Crippen LogP contribution in [0.2, 0.25) is 0 Å². The number of benzene rings is 2. The second-order valence-electron chi connectivity index (χ2n) is 5.66. The van der Waals surface area contributed by atoms with Crippen molar-refractivity contribution in [3.63, 3.8) is 0 Å². The Hall–Kier alpha value is -2.82. The number of amides is 1. The van der Waals surface area contributed by atoms with E-state index < -0.39 is 0 Å². The first-order chi connectivity index (χ1) is 11.1. The molecule has 1 heterocycles. The molecule has 5 nitrogen and oxygen atoms in total. The van der Waals surface area contributed by atoms with E-state index in [2.05, 4.69) is 10.4 Å². The normalized spacial score (nSPS) is 10.7. The van der Waals surface area contributed by atoms with E-state index in [1.54, 1.807) is 10.9 Å². The highest BCUT2D eigenvalue weighted by molar-refractivity contribution is 5.82. The zero-order chi connectivity index (χ0) is 16.2. The molecule has 0 fully saturated rings. The van der Waals surface area contributed by atoms with E-state index >= 15 is 0 Å². The van der Waals surface area contributed by atoms with E-state index in [9.17, 15) is 4.79 Å². The molecule has 3 aromatic rings. The maximum atomic E-state index is 12.2. The molecule has 0 aliphatic heterocycles. The Bertz CT molecular complexity index is 823. The fourth-order valence-electron chi connectivity index (χ4n) is 2.63. The molecule has 0 aliphatic carbocycles. The van der Waals surface area contributed by atoms with Crippen LogP contribution in [0.3, 0.4) is 0 Å². The number of carbonyl (C=O) groups is 1. The third-order valence-electron chi connectivity index (χ3n) is 3.79. The molecule has 0 unspecified atom stereocenters. The molecule has 1 amide bonds. The standard InChI is InChI=1S/C18H20N4O/c1-21(2)16-9-5-3-7-14(16)11-19-18(23)13-22-17-10-6-4-8-15(17)12-20-22/h3-10,12H,11,13H2,1-2H3,(H,19,23). The molecule has 0 radical (unpaired) electrons. The highest BCUT2D eigenvalue weighted by Crippen LogP contribution is 2.17. The Morgan fingerprint density at radius 1 is 1.13 bits per heavy atom. The molecule has 0 atom stereocenters. The molecule has 118 valence electrons. The average molecular weight is 308 g/mol. The van der Waals surface area contributed by atoms with Gasteiger partial charge in [-0.2, -0.15) is 5.10 Å². The largest absolute Gasteiger partial charge is 0.377 e. The molecule has 3 rings (SSSR count). The first-order valence-corrected chi connectivity index (χ1v) is 7.57. The number of nitrogens with zero attached hydrogens (tertiary/aromatic N) is 3. The Balaban J connectivity index is 1.66. The predicted molar refractivity (Wildman–Crippen MR) is 92.3 cm³/mol. The van der Waals surface area contributed by atoms with E-state index in [0.29, 0.717) is 6.54 Å². The summed E-state index contributed by atoms with van der Waals surface area (Å²) in [7, 11) is 3.99. The number of fused-ring (bicyclic) bond motifs is 1. The molecule has 5 heteroatoms. The second kappa shape index (κ2) is 6.52. The van der Waals surface area contributed by atoms with Gasteiger partial charge in [0.1, 0.15) is 6.54 Å². The number of aromatic nitrogens is 2. The van der Waals surface area contributed by atoms with Crippen molar-refractivity contribution in [3.8, 4) is 0 Å². The predicted octanol–water partition coefficient (Wildman–Crippen LogP) is 2.42. The first kappa shape index (κ1) is 15.1. The SMILES string of the molecule is CN(C)c1ccccc1CNC(=O)Cn1ncc2ccccc21. The Labute approximate surface area is 135 Å². The third-order valence-corrected chi connectivity index (χ3v) is 3.79. The van der Waals surface area contributed by atoms with E-state index in [0.717, 1.165) is 22.2 Å². The molecule has 0 bridgehead atoms. The van der Waals surface area contributed by atoms with E-state index in [4.69, 9.17) is 0 Å². The molecule has 0 saturated carbocycles. The molecule has 0 aliphatic rings. The van der Waals surface area contributed by atoms with Crippen LogP contribution in [-0.2, 0) is 17.9 Å². The summed E-state index contributed by atoms with van der Waals surface area (Å²) in [5.74, 6) is -0.0487. The highest BCUT2D eigenvalue weighted by Gasteiger charge is 2.09. The summed E-state index contributed by atoms with van der Waals surface area (Å²) in [5.41, 5.74) is 3.17. The minimum Gasteiger partial charge on any atom is -0.377 e. The van der Waals surface area contributed by atoms with E-state index in [-0.39, 0.29) is 12.5 Å². The van der Waals surface area contributed by atoms with Gasteiger partial charge in [-0.15, -0.1) is 0 Å². The fourth-order valence-corrected chi connectivity index (χ4v) is 2.63. The summed E-state index contributed by atoms with van der Waals surface area (Å²) in [4.78, 5) is 14.3. The van der Waals surface area contributed by atoms with Gasteiger partial charge in [0.2, 0.25) is 5.91 Å². The summed E-state index contributed by atoms with van der Waals surface area (Å²) in [6.07, 6.45) is 1.78. The number of rotatable bonds is 5. The number of hydrogen-bond donors (Lipinski definition) is 1. The van der Waals surface area contributed by atoms with Gasteiger partial charge in [-0.05, 0) is 17.7 Å². The van der Waals surface area contributed by atoms with E-state index in [1.807, 2.05) is 67.5 Å². The van der Waals surface area contributed by atoms with E-state index in [1.165, 1.54) is 0 Å². The number of carbonyl (C=O) groups excluding carboxylic acids is 1. The summed E-state index contributed by atoms with van der Waals surface area (Å²) < 4.78 is 1.72. The lowest BCUT2D eigenvalue weighted by Crippen LogP contribution is -2.28. The quantitative estimate of drug-likeness (QED) is 0.787. The maximum absolute atomic E-state index is 12.2. The Morgan fingerprint density at radius 2 is 1.87 bits per heavy atom. The molecular weight excluding hydrogens is 288 g/mol. The smallest absolute Gasteiger partial charge is 0.242 e. The van der Waals surface area contributed by atoms with Crippen LogP contribution in [0.4, 0.5) is 5.69 Å². The van der Waals surface area contributed by atoms with Gasteiger partial charge in [-0.3, -0.25) is 9.48 Å². The lowest BCUT2D eigenvalue weighted by molar-refractivity contribution is -0.121. The third kappa shape index (κ3) is 3.34. The molecule has 1 aromatic heterocycles. The number of para-hydroxylation sites is 2. The Morgan fingerprint density at radius 3 is 2.70 bits per heavy atom. The zero-order valence-corrected chi connectivity index (χ0v) is 13.4. The minimum atomic E-state index is -0.0487. The molecule has 1 N–H and O–H groups in total.